The number of hydrogen-bond donors (Lipinski definition) is 3. The molecule has 0 unspecified atom stereocenters. The maximum absolute atomic E-state index is 13.5. The molecule has 3 heterocycles. The van der Waals surface area contributed by atoms with Gasteiger partial charge in [-0.1, -0.05) is 11.3 Å². The highest BCUT2D eigenvalue weighted by Crippen LogP contribution is 2.35. The lowest BCUT2D eigenvalue weighted by Crippen LogP contribution is -3.28. The fourth-order valence-corrected chi connectivity index (χ4v) is 5.02. The van der Waals surface area contributed by atoms with E-state index < -0.39 is 0 Å². The van der Waals surface area contributed by atoms with Crippen LogP contribution in [0.4, 0.5) is 4.39 Å². The van der Waals surface area contributed by atoms with Gasteiger partial charge in [-0.25, -0.2) is 9.37 Å². The Bertz CT molecular complexity index is 898. The van der Waals surface area contributed by atoms with Gasteiger partial charge < -0.3 is 14.9 Å². The highest BCUT2D eigenvalue weighted by atomic mass is 32.1. The second-order valence-electron chi connectivity index (χ2n) is 6.89. The quantitative estimate of drug-likeness (QED) is 0.592. The standard InChI is InChI=1S/C18H22FN5OS/c1-3-22-8-10-23(11-9-22)15(13-4-6-14(19)7-5-13)16-17(25)24-18(26-16)20-12(2)21-24/h4-7,15,25H,3,8-11H2,1-2H3/p+2/t15-/m1/s1. The summed E-state index contributed by atoms with van der Waals surface area (Å²) in [4.78, 5) is 8.93. The van der Waals surface area contributed by atoms with Gasteiger partial charge in [0.2, 0.25) is 10.8 Å². The van der Waals surface area contributed by atoms with Crippen LogP contribution in [0.1, 0.15) is 29.2 Å². The van der Waals surface area contributed by atoms with E-state index >= 15 is 0 Å². The number of rotatable bonds is 4. The SMILES string of the molecule is CC[NH+]1CC[NH+]([C@H](c2ccc(F)cc2)c2sc3nc(C)nn3c2O)CC1. The molecule has 1 fully saturated rings. The van der Waals surface area contributed by atoms with Gasteiger partial charge in [0.1, 0.15) is 42.7 Å². The third kappa shape index (κ3) is 3.08. The number of halogens is 1. The molecule has 138 valence electrons. The molecule has 0 amide bonds. The molecule has 8 heteroatoms. The number of aromatic hydroxyl groups is 1. The maximum atomic E-state index is 13.5. The third-order valence-electron chi connectivity index (χ3n) is 5.28. The van der Waals surface area contributed by atoms with Crippen LogP contribution < -0.4 is 9.80 Å². The summed E-state index contributed by atoms with van der Waals surface area (Å²) in [6.45, 7) is 9.39. The van der Waals surface area contributed by atoms with Crippen molar-refractivity contribution in [1.82, 2.24) is 14.6 Å². The van der Waals surface area contributed by atoms with Gasteiger partial charge in [-0.15, -0.1) is 5.10 Å². The van der Waals surface area contributed by atoms with E-state index in [9.17, 15) is 9.50 Å². The van der Waals surface area contributed by atoms with E-state index in [-0.39, 0.29) is 17.7 Å². The third-order valence-corrected chi connectivity index (χ3v) is 6.36. The number of quaternary nitrogens is 2. The molecule has 0 aliphatic carbocycles. The summed E-state index contributed by atoms with van der Waals surface area (Å²) in [5.74, 6) is 0.548. The number of likely N-dealkylation sites (N-methyl/N-ethyl adjacent to an activating group) is 1. The Kier molecular flexibility index (Phi) is 4.64. The Hall–Kier alpha value is -2.03. The molecule has 1 aromatic carbocycles. The largest absolute Gasteiger partial charge is 0.492 e. The van der Waals surface area contributed by atoms with Crippen molar-refractivity contribution in [3.63, 3.8) is 0 Å². The van der Waals surface area contributed by atoms with Crippen LogP contribution in [0.15, 0.2) is 24.3 Å². The summed E-state index contributed by atoms with van der Waals surface area (Å²) < 4.78 is 15.0. The molecule has 3 N–H and O–H groups in total. The molecule has 1 atom stereocenters. The van der Waals surface area contributed by atoms with Crippen LogP contribution in [0.2, 0.25) is 0 Å². The highest BCUT2D eigenvalue weighted by Gasteiger charge is 2.35. The number of thiazole rings is 1. The lowest BCUT2D eigenvalue weighted by atomic mass is 10.0. The predicted molar refractivity (Wildman–Crippen MR) is 97.4 cm³/mol. The minimum atomic E-state index is -0.245. The van der Waals surface area contributed by atoms with Crippen molar-refractivity contribution in [1.29, 1.82) is 0 Å². The monoisotopic (exact) mass is 377 g/mol. The first kappa shape index (κ1) is 17.4. The molecular weight excluding hydrogens is 353 g/mol. The molecule has 3 aromatic rings. The molecule has 0 bridgehead atoms. The second-order valence-corrected chi connectivity index (χ2v) is 7.90. The first-order valence-electron chi connectivity index (χ1n) is 9.05. The topological polar surface area (TPSA) is 59.3 Å². The number of nitrogens with zero attached hydrogens (tertiary/aromatic N) is 3. The second kappa shape index (κ2) is 6.94. The van der Waals surface area contributed by atoms with E-state index in [2.05, 4.69) is 17.0 Å². The lowest BCUT2D eigenvalue weighted by Gasteiger charge is -2.34. The minimum absolute atomic E-state index is 0.0391. The number of piperazine rings is 1. The van der Waals surface area contributed by atoms with E-state index in [1.165, 1.54) is 32.9 Å². The molecule has 6 nitrogen and oxygen atoms in total. The average molecular weight is 377 g/mol. The number of hydrogen-bond acceptors (Lipinski definition) is 4. The molecular formula is C18H24FN5OS+2. The molecule has 0 saturated carbocycles. The Balaban J connectivity index is 1.75. The number of aryl methyl sites for hydroxylation is 1. The van der Waals surface area contributed by atoms with Crippen molar-refractivity contribution in [3.8, 4) is 5.88 Å². The van der Waals surface area contributed by atoms with E-state index in [1.54, 1.807) is 4.90 Å². The zero-order valence-electron chi connectivity index (χ0n) is 15.0. The van der Waals surface area contributed by atoms with E-state index in [1.807, 2.05) is 19.1 Å². The molecule has 4 rings (SSSR count). The van der Waals surface area contributed by atoms with E-state index in [0.717, 1.165) is 43.2 Å². The zero-order valence-corrected chi connectivity index (χ0v) is 15.8. The number of fused-ring (bicyclic) bond motifs is 1. The van der Waals surface area contributed by atoms with Gasteiger partial charge >= 0.3 is 0 Å². The van der Waals surface area contributed by atoms with Crippen molar-refractivity contribution in [2.24, 2.45) is 0 Å². The van der Waals surface area contributed by atoms with Crippen LogP contribution in [0.25, 0.3) is 4.96 Å². The number of aromatic nitrogens is 3. The van der Waals surface area contributed by atoms with Crippen molar-refractivity contribution in [2.75, 3.05) is 32.7 Å². The van der Waals surface area contributed by atoms with E-state index in [0.29, 0.717) is 10.8 Å². The summed E-state index contributed by atoms with van der Waals surface area (Å²) in [5, 5.41) is 15.1. The van der Waals surface area contributed by atoms with Gasteiger partial charge in [0.25, 0.3) is 0 Å². The summed E-state index contributed by atoms with van der Waals surface area (Å²) in [5.41, 5.74) is 1.01. The highest BCUT2D eigenvalue weighted by molar-refractivity contribution is 7.17. The van der Waals surface area contributed by atoms with E-state index in [4.69, 9.17) is 0 Å². The Morgan fingerprint density at radius 1 is 1.23 bits per heavy atom. The summed E-state index contributed by atoms with van der Waals surface area (Å²) in [6, 6.07) is 6.60. The summed E-state index contributed by atoms with van der Waals surface area (Å²) >= 11 is 1.47. The van der Waals surface area contributed by atoms with Gasteiger partial charge in [-0.3, -0.25) is 0 Å². The Labute approximate surface area is 155 Å². The van der Waals surface area contributed by atoms with Crippen LogP contribution in [0, 0.1) is 12.7 Å². The van der Waals surface area contributed by atoms with Crippen LogP contribution in [0.5, 0.6) is 5.88 Å². The molecule has 1 aliphatic rings. The fourth-order valence-electron chi connectivity index (χ4n) is 3.83. The molecule has 26 heavy (non-hydrogen) atoms. The first-order valence-corrected chi connectivity index (χ1v) is 9.87. The molecule has 0 radical (unpaired) electrons. The Morgan fingerprint density at radius 2 is 1.92 bits per heavy atom. The predicted octanol–water partition coefficient (Wildman–Crippen LogP) is -0.163. The van der Waals surface area contributed by atoms with Crippen LogP contribution >= 0.6 is 11.3 Å². The van der Waals surface area contributed by atoms with Crippen molar-refractivity contribution in [3.05, 3.63) is 46.3 Å². The van der Waals surface area contributed by atoms with Crippen molar-refractivity contribution >= 4 is 16.3 Å². The van der Waals surface area contributed by atoms with Gasteiger partial charge in [0.05, 0.1) is 6.54 Å². The minimum Gasteiger partial charge on any atom is -0.492 e. The molecule has 0 spiro atoms. The normalized spacial score (nSPS) is 22.0. The number of nitrogens with one attached hydrogen (secondary N) is 2. The first-order chi connectivity index (χ1) is 12.6. The van der Waals surface area contributed by atoms with Gasteiger partial charge in [0, 0.05) is 5.56 Å². The summed E-state index contributed by atoms with van der Waals surface area (Å²) in [6.07, 6.45) is 0. The average Bonchev–Trinajstić information content (AvgIpc) is 3.15. The van der Waals surface area contributed by atoms with Crippen molar-refractivity contribution in [2.45, 2.75) is 19.9 Å². The summed E-state index contributed by atoms with van der Waals surface area (Å²) in [7, 11) is 0. The van der Waals surface area contributed by atoms with Crippen LogP contribution in [0.3, 0.4) is 0 Å². The number of benzene rings is 1. The smallest absolute Gasteiger partial charge is 0.235 e. The van der Waals surface area contributed by atoms with Gasteiger partial charge in [-0.05, 0) is 38.1 Å². The van der Waals surface area contributed by atoms with Gasteiger partial charge in [0.15, 0.2) is 6.04 Å². The van der Waals surface area contributed by atoms with Crippen LogP contribution in [-0.2, 0) is 0 Å². The van der Waals surface area contributed by atoms with Gasteiger partial charge in [-0.2, -0.15) is 4.52 Å². The van der Waals surface area contributed by atoms with Crippen LogP contribution in [-0.4, -0.2) is 52.4 Å². The maximum Gasteiger partial charge on any atom is 0.235 e. The molecule has 1 saturated heterocycles. The fraction of sp³-hybridized carbons (Fsp3) is 0.444. The Morgan fingerprint density at radius 3 is 2.54 bits per heavy atom. The molecule has 2 aromatic heterocycles. The molecule has 1 aliphatic heterocycles. The van der Waals surface area contributed by atoms with Crippen molar-refractivity contribution < 1.29 is 19.3 Å². The lowest BCUT2D eigenvalue weighted by molar-refractivity contribution is -1.02. The zero-order chi connectivity index (χ0) is 18.3.